The standard InChI is InChI=1S/C17H22ClN7O.ClH/c18-13-15(20)24-14(19)12(23-13)16(26)25-17(21)22-10-6-2-5-9-11-7-3-1-4-8-11;/h1,3-4,7-8H,2,5-6,9-10H2,(H4,19,20,24)(H3,21,22,25,26);1H. The molecule has 1 heterocycles. The highest BCUT2D eigenvalue weighted by atomic mass is 35.5. The minimum absolute atomic E-state index is 0. The molecule has 0 aliphatic rings. The lowest BCUT2D eigenvalue weighted by Gasteiger charge is -2.07. The first-order valence-electron chi connectivity index (χ1n) is 8.21. The molecule has 2 rings (SSSR count). The van der Waals surface area contributed by atoms with Crippen molar-refractivity contribution in [3.05, 3.63) is 46.7 Å². The minimum Gasteiger partial charge on any atom is -0.382 e. The second-order valence-electron chi connectivity index (χ2n) is 5.65. The van der Waals surface area contributed by atoms with E-state index < -0.39 is 5.91 Å². The summed E-state index contributed by atoms with van der Waals surface area (Å²) < 4.78 is 0. The van der Waals surface area contributed by atoms with E-state index in [9.17, 15) is 4.79 Å². The van der Waals surface area contributed by atoms with Gasteiger partial charge in [-0.3, -0.25) is 15.1 Å². The molecule has 1 aromatic carbocycles. The fourth-order valence-electron chi connectivity index (χ4n) is 2.29. The van der Waals surface area contributed by atoms with Crippen LogP contribution < -0.4 is 22.5 Å². The summed E-state index contributed by atoms with van der Waals surface area (Å²) in [5.41, 5.74) is 18.0. The zero-order valence-electron chi connectivity index (χ0n) is 14.7. The topological polar surface area (TPSA) is 145 Å². The molecule has 2 aromatic rings. The number of hydrogen-bond donors (Lipinski definition) is 4. The Bertz CT molecular complexity index is 784. The van der Waals surface area contributed by atoms with Crippen LogP contribution in [0.3, 0.4) is 0 Å². The Morgan fingerprint density at radius 1 is 1.07 bits per heavy atom. The van der Waals surface area contributed by atoms with Crippen molar-refractivity contribution < 1.29 is 4.79 Å². The van der Waals surface area contributed by atoms with Crippen LogP contribution in [0, 0.1) is 0 Å². The molecule has 0 saturated carbocycles. The Morgan fingerprint density at radius 2 is 1.78 bits per heavy atom. The van der Waals surface area contributed by atoms with Crippen LogP contribution in [0.2, 0.25) is 5.15 Å². The van der Waals surface area contributed by atoms with Gasteiger partial charge in [-0.25, -0.2) is 9.97 Å². The van der Waals surface area contributed by atoms with E-state index in [1.165, 1.54) is 5.56 Å². The van der Waals surface area contributed by atoms with Crippen LogP contribution in [0.25, 0.3) is 0 Å². The number of nitrogens with zero attached hydrogens (tertiary/aromatic N) is 3. The van der Waals surface area contributed by atoms with Gasteiger partial charge in [-0.15, -0.1) is 12.4 Å². The second kappa shape index (κ2) is 11.2. The van der Waals surface area contributed by atoms with E-state index in [4.69, 9.17) is 28.8 Å². The summed E-state index contributed by atoms with van der Waals surface area (Å²) in [6.45, 7) is 0.518. The van der Waals surface area contributed by atoms with E-state index in [0.29, 0.717) is 6.54 Å². The fraction of sp³-hybridized carbons (Fsp3) is 0.294. The molecule has 0 bridgehead atoms. The lowest BCUT2D eigenvalue weighted by Crippen LogP contribution is -2.38. The molecular weight excluding hydrogens is 389 g/mol. The molecule has 27 heavy (non-hydrogen) atoms. The minimum atomic E-state index is -0.637. The number of carbonyl (C=O) groups excluding carboxylic acids is 1. The van der Waals surface area contributed by atoms with Gasteiger partial charge >= 0.3 is 0 Å². The predicted molar refractivity (Wildman–Crippen MR) is 111 cm³/mol. The Kier molecular flexibility index (Phi) is 9.32. The average Bonchev–Trinajstić information content (AvgIpc) is 2.61. The van der Waals surface area contributed by atoms with Crippen LogP contribution in [0.1, 0.15) is 35.3 Å². The number of amides is 1. The molecule has 1 aromatic heterocycles. The van der Waals surface area contributed by atoms with Gasteiger partial charge in [0.2, 0.25) is 0 Å². The quantitative estimate of drug-likeness (QED) is 0.312. The van der Waals surface area contributed by atoms with Crippen LogP contribution in [-0.2, 0) is 6.42 Å². The maximum Gasteiger partial charge on any atom is 0.280 e. The molecule has 0 radical (unpaired) electrons. The third-order valence-corrected chi connectivity index (χ3v) is 3.89. The first-order chi connectivity index (χ1) is 12.5. The highest BCUT2D eigenvalue weighted by Crippen LogP contribution is 2.17. The van der Waals surface area contributed by atoms with Gasteiger partial charge in [0.15, 0.2) is 28.4 Å². The number of nitrogen functional groups attached to an aromatic ring is 2. The van der Waals surface area contributed by atoms with Crippen LogP contribution >= 0.6 is 24.0 Å². The predicted octanol–water partition coefficient (Wildman–Crippen LogP) is 2.17. The lowest BCUT2D eigenvalue weighted by molar-refractivity contribution is 0.0972. The third kappa shape index (κ3) is 7.28. The summed E-state index contributed by atoms with van der Waals surface area (Å²) in [4.78, 5) is 23.7. The van der Waals surface area contributed by atoms with E-state index in [0.717, 1.165) is 25.7 Å². The number of aliphatic imine (C=N–C) groups is 1. The molecule has 0 aliphatic heterocycles. The Balaban J connectivity index is 0.00000364. The van der Waals surface area contributed by atoms with Crippen molar-refractivity contribution >= 4 is 47.5 Å². The second-order valence-corrected chi connectivity index (χ2v) is 6.01. The SMILES string of the molecule is Cl.NC(=NCCCCCc1ccccc1)NC(=O)c1nc(Cl)c(N)nc1N. The fourth-order valence-corrected chi connectivity index (χ4v) is 2.41. The van der Waals surface area contributed by atoms with Crippen molar-refractivity contribution in [1.82, 2.24) is 15.3 Å². The normalized spacial score (nSPS) is 10.9. The summed E-state index contributed by atoms with van der Waals surface area (Å²) in [5.74, 6) is -0.814. The number of nitrogens with two attached hydrogens (primary N) is 3. The molecule has 0 saturated heterocycles. The monoisotopic (exact) mass is 411 g/mol. The number of aryl methyl sites for hydroxylation is 1. The highest BCUT2D eigenvalue weighted by molar-refractivity contribution is 6.31. The van der Waals surface area contributed by atoms with Crippen molar-refractivity contribution in [1.29, 1.82) is 0 Å². The molecule has 1 amide bonds. The lowest BCUT2D eigenvalue weighted by atomic mass is 10.1. The van der Waals surface area contributed by atoms with Crippen LogP contribution in [0.15, 0.2) is 35.3 Å². The molecule has 0 aliphatic carbocycles. The van der Waals surface area contributed by atoms with Crippen molar-refractivity contribution in [2.24, 2.45) is 10.7 Å². The van der Waals surface area contributed by atoms with E-state index in [2.05, 4.69) is 32.4 Å². The number of nitrogens with one attached hydrogen (secondary N) is 1. The van der Waals surface area contributed by atoms with Gasteiger partial charge in [-0.2, -0.15) is 0 Å². The van der Waals surface area contributed by atoms with E-state index in [-0.39, 0.29) is 40.8 Å². The van der Waals surface area contributed by atoms with Crippen LogP contribution in [-0.4, -0.2) is 28.4 Å². The summed E-state index contributed by atoms with van der Waals surface area (Å²) in [7, 11) is 0. The number of halogens is 2. The molecule has 0 unspecified atom stereocenters. The summed E-state index contributed by atoms with van der Waals surface area (Å²) >= 11 is 5.75. The zero-order valence-corrected chi connectivity index (χ0v) is 16.3. The number of rotatable bonds is 7. The summed E-state index contributed by atoms with van der Waals surface area (Å²) in [6.07, 6.45) is 4.00. The molecule has 10 heteroatoms. The van der Waals surface area contributed by atoms with Crippen LogP contribution in [0.4, 0.5) is 11.6 Å². The Morgan fingerprint density at radius 3 is 2.48 bits per heavy atom. The van der Waals surface area contributed by atoms with Gasteiger partial charge in [0.05, 0.1) is 0 Å². The highest BCUT2D eigenvalue weighted by Gasteiger charge is 2.16. The van der Waals surface area contributed by atoms with Crippen molar-refractivity contribution in [2.75, 3.05) is 18.0 Å². The van der Waals surface area contributed by atoms with E-state index >= 15 is 0 Å². The third-order valence-electron chi connectivity index (χ3n) is 3.61. The smallest absolute Gasteiger partial charge is 0.280 e. The van der Waals surface area contributed by atoms with Crippen molar-refractivity contribution in [2.45, 2.75) is 25.7 Å². The Labute approximate surface area is 169 Å². The first kappa shape index (κ1) is 22.5. The maximum absolute atomic E-state index is 12.1. The number of guanidine groups is 1. The molecule has 0 spiro atoms. The van der Waals surface area contributed by atoms with Crippen molar-refractivity contribution in [3.8, 4) is 0 Å². The number of benzene rings is 1. The molecule has 0 atom stereocenters. The number of carbonyl (C=O) groups is 1. The summed E-state index contributed by atoms with van der Waals surface area (Å²) in [6, 6.07) is 10.3. The molecular formula is C17H23Cl2N7O. The van der Waals surface area contributed by atoms with Gasteiger partial charge in [0.25, 0.3) is 5.91 Å². The van der Waals surface area contributed by atoms with E-state index in [1.54, 1.807) is 0 Å². The zero-order chi connectivity index (χ0) is 18.9. The molecule has 8 nitrogen and oxygen atoms in total. The Hall–Kier alpha value is -2.58. The average molecular weight is 412 g/mol. The van der Waals surface area contributed by atoms with Gasteiger partial charge in [0, 0.05) is 6.54 Å². The number of hydrogen-bond acceptors (Lipinski definition) is 6. The largest absolute Gasteiger partial charge is 0.382 e. The van der Waals surface area contributed by atoms with Gasteiger partial charge < -0.3 is 17.2 Å². The van der Waals surface area contributed by atoms with E-state index in [1.807, 2.05) is 18.2 Å². The van der Waals surface area contributed by atoms with Gasteiger partial charge in [-0.1, -0.05) is 48.4 Å². The van der Waals surface area contributed by atoms with Crippen LogP contribution in [0.5, 0.6) is 0 Å². The first-order valence-corrected chi connectivity index (χ1v) is 8.59. The number of aromatic nitrogens is 2. The van der Waals surface area contributed by atoms with Gasteiger partial charge in [0.1, 0.15) is 0 Å². The van der Waals surface area contributed by atoms with Gasteiger partial charge in [-0.05, 0) is 24.8 Å². The number of unbranched alkanes of at least 4 members (excludes halogenated alkanes) is 2. The number of anilines is 2. The molecule has 146 valence electrons. The van der Waals surface area contributed by atoms with Crippen molar-refractivity contribution in [3.63, 3.8) is 0 Å². The molecule has 0 fully saturated rings. The summed E-state index contributed by atoms with van der Waals surface area (Å²) in [5, 5.41) is 2.31. The molecule has 7 N–H and O–H groups in total. The maximum atomic E-state index is 12.1.